The lowest BCUT2D eigenvalue weighted by atomic mass is 9.87. The number of benzene rings is 1. The third kappa shape index (κ3) is 8.72. The van der Waals surface area contributed by atoms with Crippen molar-refractivity contribution in [2.24, 2.45) is 0 Å². The van der Waals surface area contributed by atoms with Crippen molar-refractivity contribution in [1.82, 2.24) is 0 Å². The molecule has 0 N–H and O–H groups in total. The largest absolute Gasteiger partial charge is 0.673 e. The molecule has 6 heteroatoms. The highest BCUT2D eigenvalue weighted by Crippen LogP contribution is 2.20. The molecule has 0 nitrogen and oxygen atoms in total. The van der Waals surface area contributed by atoms with Gasteiger partial charge in [-0.3, -0.25) is 0 Å². The molecule has 92 valence electrons. The summed E-state index contributed by atoms with van der Waals surface area (Å²) in [5, 5.41) is 1.37. The highest BCUT2D eigenvalue weighted by Gasteiger charge is 2.20. The van der Waals surface area contributed by atoms with E-state index in [2.05, 4.69) is 45.0 Å². The van der Waals surface area contributed by atoms with Crippen LogP contribution in [0.5, 0.6) is 0 Å². The van der Waals surface area contributed by atoms with Crippen molar-refractivity contribution in [3.63, 3.8) is 0 Å². The Kier molecular flexibility index (Phi) is 5.47. The minimum atomic E-state index is -6.00. The smallest absolute Gasteiger partial charge is 0.418 e. The monoisotopic (exact) mass is 254 g/mol. The number of hydrogen-bond acceptors (Lipinski definition) is 0. The van der Waals surface area contributed by atoms with Crippen LogP contribution in [0.25, 0.3) is 0 Å². The van der Waals surface area contributed by atoms with Gasteiger partial charge in [0.25, 0.3) is 0 Å². The summed E-state index contributed by atoms with van der Waals surface area (Å²) in [5.41, 5.74) is 1.71. The predicted molar refractivity (Wildman–Crippen MR) is 66.1 cm³/mol. The van der Waals surface area contributed by atoms with E-state index < -0.39 is 7.25 Å². The van der Waals surface area contributed by atoms with E-state index in [4.69, 9.17) is 0 Å². The maximum absolute atomic E-state index is 9.75. The second-order valence-electron chi connectivity index (χ2n) is 4.45. The van der Waals surface area contributed by atoms with Gasteiger partial charge in [-0.2, -0.15) is 0 Å². The molecule has 0 fully saturated rings. The highest BCUT2D eigenvalue weighted by molar-refractivity contribution is 7.27. The van der Waals surface area contributed by atoms with Gasteiger partial charge in [0.1, 0.15) is 0 Å². The van der Waals surface area contributed by atoms with Crippen LogP contribution in [-0.4, -0.2) is 7.25 Å². The van der Waals surface area contributed by atoms with Gasteiger partial charge in [0.2, 0.25) is 0 Å². The quantitative estimate of drug-likeness (QED) is 0.377. The average Bonchev–Trinajstić information content (AvgIpc) is 1.99. The molecule has 1 rings (SSSR count). The van der Waals surface area contributed by atoms with Crippen LogP contribution < -0.4 is 5.30 Å². The summed E-state index contributed by atoms with van der Waals surface area (Å²) < 4.78 is 39.0. The summed E-state index contributed by atoms with van der Waals surface area (Å²) in [7, 11) is -4.06. The van der Waals surface area contributed by atoms with Crippen molar-refractivity contribution >= 4 is 21.8 Å². The second-order valence-corrected chi connectivity index (χ2v) is 5.26. The highest BCUT2D eigenvalue weighted by atomic mass is 31.0. The molecule has 1 aromatic carbocycles. The van der Waals surface area contributed by atoms with E-state index in [0.717, 1.165) is 0 Å². The molecule has 0 aliphatic carbocycles. The zero-order valence-electron chi connectivity index (χ0n) is 9.61. The van der Waals surface area contributed by atoms with Gasteiger partial charge >= 0.3 is 7.25 Å². The fourth-order valence-electron chi connectivity index (χ4n) is 1.04. The van der Waals surface area contributed by atoms with E-state index in [0.29, 0.717) is 0 Å². The Morgan fingerprint density at radius 2 is 1.50 bits per heavy atom. The van der Waals surface area contributed by atoms with Crippen LogP contribution in [0.2, 0.25) is 0 Å². The summed E-state index contributed by atoms with van der Waals surface area (Å²) in [6, 6.07) is 8.73. The second kappa shape index (κ2) is 5.67. The standard InChI is InChI=1S/C10H15P.BF4/c1-10(2,3)8-5-4-6-9(11)7-8;2-1(3,4)5/h4-7H,11H2,1-3H3;/q;-1/p+1. The molecule has 1 aromatic rings. The molecule has 16 heavy (non-hydrogen) atoms. The molecule has 0 amide bonds. The van der Waals surface area contributed by atoms with Gasteiger partial charge in [0.15, 0.2) is 0 Å². The first kappa shape index (κ1) is 15.4. The summed E-state index contributed by atoms with van der Waals surface area (Å²) in [4.78, 5) is 0. The van der Waals surface area contributed by atoms with Gasteiger partial charge in [-0.05, 0) is 23.1 Å². The zero-order valence-corrected chi connectivity index (χ0v) is 11.0. The molecular weight excluding hydrogens is 238 g/mol. The van der Waals surface area contributed by atoms with Crippen molar-refractivity contribution in [3.8, 4) is 0 Å². The first-order valence-electron chi connectivity index (χ1n) is 4.80. The van der Waals surface area contributed by atoms with Crippen LogP contribution in [0.3, 0.4) is 0 Å². The van der Waals surface area contributed by atoms with E-state index in [1.807, 2.05) is 9.24 Å². The Bertz CT molecular complexity index is 324. The van der Waals surface area contributed by atoms with E-state index in [-0.39, 0.29) is 5.41 Å². The molecule has 0 spiro atoms. The van der Waals surface area contributed by atoms with E-state index in [9.17, 15) is 17.3 Å². The molecule has 0 aromatic heterocycles. The zero-order chi connectivity index (χ0) is 13.0. The van der Waals surface area contributed by atoms with Gasteiger partial charge in [-0.1, -0.05) is 32.9 Å². The Morgan fingerprint density at radius 1 is 1.06 bits per heavy atom. The van der Waals surface area contributed by atoms with Crippen molar-refractivity contribution in [3.05, 3.63) is 29.8 Å². The van der Waals surface area contributed by atoms with Gasteiger partial charge in [0.05, 0.1) is 5.30 Å². The molecule has 0 heterocycles. The lowest BCUT2D eigenvalue weighted by Crippen LogP contribution is -2.12. The fraction of sp³-hybridized carbons (Fsp3) is 0.400. The minimum Gasteiger partial charge on any atom is -0.418 e. The maximum Gasteiger partial charge on any atom is 0.673 e. The van der Waals surface area contributed by atoms with Gasteiger partial charge in [-0.15, -0.1) is 0 Å². The third-order valence-electron chi connectivity index (χ3n) is 1.79. The molecule has 0 aliphatic rings. The van der Waals surface area contributed by atoms with E-state index in [1.165, 1.54) is 10.9 Å². The molecule has 1 atom stereocenters. The lowest BCUT2D eigenvalue weighted by molar-refractivity contribution is 0.368. The van der Waals surface area contributed by atoms with Crippen LogP contribution in [0.1, 0.15) is 26.3 Å². The van der Waals surface area contributed by atoms with Gasteiger partial charge in [-0.25, -0.2) is 0 Å². The molecular formula is C10H16BF4P. The lowest BCUT2D eigenvalue weighted by Gasteiger charge is -2.18. The SMILES string of the molecule is CC(C)(C)c1cccc([PH3+])c1.F[B-](F)(F)F. The van der Waals surface area contributed by atoms with Crippen molar-refractivity contribution in [2.45, 2.75) is 26.2 Å². The number of halogens is 4. The fourth-order valence-corrected chi connectivity index (χ4v) is 1.39. The topological polar surface area (TPSA) is 0 Å². The summed E-state index contributed by atoms with van der Waals surface area (Å²) >= 11 is 0. The van der Waals surface area contributed by atoms with Gasteiger partial charge < -0.3 is 17.3 Å². The van der Waals surface area contributed by atoms with Crippen LogP contribution in [-0.2, 0) is 5.41 Å². The first-order chi connectivity index (χ1) is 7.00. The number of hydrogen-bond donors (Lipinski definition) is 0. The maximum atomic E-state index is 9.75. The first-order valence-corrected chi connectivity index (χ1v) is 5.50. The third-order valence-corrected chi connectivity index (χ3v) is 2.23. The molecule has 0 saturated carbocycles. The van der Waals surface area contributed by atoms with Crippen LogP contribution in [0, 0.1) is 0 Å². The summed E-state index contributed by atoms with van der Waals surface area (Å²) in [5.74, 6) is 0. The molecule has 1 unspecified atom stereocenters. The van der Waals surface area contributed by atoms with Gasteiger partial charge in [0, 0.05) is 9.24 Å². The van der Waals surface area contributed by atoms with E-state index >= 15 is 0 Å². The van der Waals surface area contributed by atoms with Crippen LogP contribution in [0.15, 0.2) is 24.3 Å². The summed E-state index contributed by atoms with van der Waals surface area (Å²) in [6.45, 7) is 6.72. The van der Waals surface area contributed by atoms with E-state index in [1.54, 1.807) is 0 Å². The molecule has 0 radical (unpaired) electrons. The summed E-state index contributed by atoms with van der Waals surface area (Å²) in [6.07, 6.45) is 0. The molecule has 0 aliphatic heterocycles. The Balaban J connectivity index is 0.000000385. The molecule has 0 bridgehead atoms. The van der Waals surface area contributed by atoms with Crippen molar-refractivity contribution in [2.75, 3.05) is 0 Å². The van der Waals surface area contributed by atoms with Crippen molar-refractivity contribution in [1.29, 1.82) is 0 Å². The Labute approximate surface area is 95.7 Å². The normalized spacial score (nSPS) is 11.9. The average molecular weight is 254 g/mol. The minimum absolute atomic E-state index is 0.288. The Hall–Kier alpha value is -0.565. The van der Waals surface area contributed by atoms with Crippen LogP contribution >= 0.6 is 9.24 Å². The Morgan fingerprint density at radius 3 is 1.75 bits per heavy atom. The van der Waals surface area contributed by atoms with Crippen molar-refractivity contribution < 1.29 is 17.3 Å². The molecule has 0 saturated heterocycles. The predicted octanol–water partition coefficient (Wildman–Crippen LogP) is 3.52. The van der Waals surface area contributed by atoms with Crippen LogP contribution in [0.4, 0.5) is 17.3 Å². The number of rotatable bonds is 0.